The van der Waals surface area contributed by atoms with Crippen LogP contribution in [0, 0.1) is 5.92 Å². The number of benzene rings is 3. The maximum Gasteiger partial charge on any atom is 0.262 e. The first kappa shape index (κ1) is 40.5. The van der Waals surface area contributed by atoms with Crippen LogP contribution in [0.5, 0.6) is 11.5 Å². The van der Waals surface area contributed by atoms with Crippen molar-refractivity contribution >= 4 is 52.4 Å². The lowest BCUT2D eigenvalue weighted by atomic mass is 9.86. The highest BCUT2D eigenvalue weighted by Gasteiger charge is 2.45. The molecule has 1 aliphatic carbocycles. The van der Waals surface area contributed by atoms with Crippen molar-refractivity contribution in [3.05, 3.63) is 90.3 Å². The smallest absolute Gasteiger partial charge is 0.262 e. The highest BCUT2D eigenvalue weighted by Crippen LogP contribution is 2.38. The number of ether oxygens (including phenoxy) is 1. The van der Waals surface area contributed by atoms with Gasteiger partial charge in [0.2, 0.25) is 11.8 Å². The number of piperidine rings is 1. The Morgan fingerprint density at radius 2 is 1.46 bits per heavy atom. The summed E-state index contributed by atoms with van der Waals surface area (Å²) >= 11 is 0. The average Bonchev–Trinajstić information content (AvgIpc) is 3.82. The van der Waals surface area contributed by atoms with E-state index in [-0.39, 0.29) is 24.8 Å². The van der Waals surface area contributed by atoms with Crippen LogP contribution >= 0.6 is 0 Å². The predicted octanol–water partition coefficient (Wildman–Crippen LogP) is 4.22. The van der Waals surface area contributed by atoms with Crippen molar-refractivity contribution in [3.63, 3.8) is 0 Å². The van der Waals surface area contributed by atoms with Gasteiger partial charge in [0.1, 0.15) is 41.6 Å². The van der Waals surface area contributed by atoms with E-state index in [0.29, 0.717) is 22.9 Å². The standard InChI is InChI=1S/C47H51N11O5/c48-43-41-42(32-8-13-36(14-9-32)63-35-4-2-1-3-5-35)52-58(44(41)50-30-49-43)33-10-6-31(7-11-33)29-55-22-20-53(21-23-55)18-19-54-24-26-56(27-25-54)34-12-15-37-38(28-34)47(62)57(46(37)61)39-16-17-40(59)51-45(39)60/h1-5,8-9,12-15,28-31,33,39H,6-7,10-11,16-27H2,(H2-,48,49,50,51,52,59,60)/p+1. The van der Waals surface area contributed by atoms with Crippen LogP contribution in [0.2, 0.25) is 0 Å². The summed E-state index contributed by atoms with van der Waals surface area (Å²) in [7, 11) is 0. The fourth-order valence-corrected chi connectivity index (χ4v) is 9.86. The Labute approximate surface area is 365 Å². The van der Waals surface area contributed by atoms with E-state index < -0.39 is 23.8 Å². The monoisotopic (exact) mass is 850 g/mol. The molecule has 10 rings (SSSR count). The van der Waals surface area contributed by atoms with Crippen LogP contribution in [-0.4, -0.2) is 140 Å². The number of para-hydroxylation sites is 1. The maximum absolute atomic E-state index is 13.4. The number of carbonyl (C=O) groups excluding carboxylic acids is 4. The minimum Gasteiger partial charge on any atom is -0.457 e. The molecule has 6 heterocycles. The number of anilines is 2. The van der Waals surface area contributed by atoms with Gasteiger partial charge >= 0.3 is 0 Å². The Morgan fingerprint density at radius 1 is 0.762 bits per heavy atom. The summed E-state index contributed by atoms with van der Waals surface area (Å²) in [4.78, 5) is 67.9. The molecule has 1 unspecified atom stereocenters. The van der Waals surface area contributed by atoms with Gasteiger partial charge in [0.15, 0.2) is 18.7 Å². The van der Waals surface area contributed by atoms with Crippen LogP contribution in [-0.2, 0) is 9.59 Å². The van der Waals surface area contributed by atoms with Crippen LogP contribution < -0.4 is 20.7 Å². The zero-order valence-corrected chi connectivity index (χ0v) is 35.3. The molecular formula is C47H52N11O5+. The van der Waals surface area contributed by atoms with Gasteiger partial charge in [-0.05, 0) is 86.7 Å². The fourth-order valence-electron chi connectivity index (χ4n) is 9.86. The van der Waals surface area contributed by atoms with Crippen molar-refractivity contribution in [3.8, 4) is 22.8 Å². The Kier molecular flexibility index (Phi) is 11.2. The van der Waals surface area contributed by atoms with Crippen LogP contribution in [0.3, 0.4) is 0 Å². The molecule has 0 bridgehead atoms. The van der Waals surface area contributed by atoms with Gasteiger partial charge in [-0.25, -0.2) is 19.2 Å². The highest BCUT2D eigenvalue weighted by atomic mass is 16.5. The summed E-state index contributed by atoms with van der Waals surface area (Å²) in [5, 5.41) is 8.18. The highest BCUT2D eigenvalue weighted by molar-refractivity contribution is 6.23. The molecule has 5 aromatic rings. The third kappa shape index (κ3) is 8.27. The predicted molar refractivity (Wildman–Crippen MR) is 237 cm³/mol. The number of imide groups is 2. The lowest BCUT2D eigenvalue weighted by Crippen LogP contribution is -2.54. The van der Waals surface area contributed by atoms with Gasteiger partial charge in [0.05, 0.1) is 35.6 Å². The second-order valence-electron chi connectivity index (χ2n) is 17.3. The van der Waals surface area contributed by atoms with E-state index in [2.05, 4.69) is 45.5 Å². The van der Waals surface area contributed by atoms with Gasteiger partial charge < -0.3 is 15.4 Å². The molecule has 3 saturated heterocycles. The molecule has 5 aliphatic rings. The number of piperazine rings is 2. The molecule has 4 amide bonds. The van der Waals surface area contributed by atoms with Crippen LogP contribution in [0.4, 0.5) is 11.5 Å². The fraction of sp³-hybridized carbons (Fsp3) is 0.404. The summed E-state index contributed by atoms with van der Waals surface area (Å²) in [5.41, 5.74) is 10.5. The van der Waals surface area contributed by atoms with E-state index in [1.165, 1.54) is 6.33 Å². The Balaban J connectivity index is 0.682. The van der Waals surface area contributed by atoms with Crippen LogP contribution in [0.25, 0.3) is 22.3 Å². The molecule has 3 aromatic carbocycles. The van der Waals surface area contributed by atoms with Crippen molar-refractivity contribution in [1.29, 1.82) is 0 Å². The first-order valence-corrected chi connectivity index (χ1v) is 22.2. The quantitative estimate of drug-likeness (QED) is 0.152. The lowest BCUT2D eigenvalue weighted by Gasteiger charge is -2.37. The number of aromatic nitrogens is 4. The number of hydrogen-bond donors (Lipinski definition) is 2. The number of nitrogen functional groups attached to an aromatic ring is 1. The number of nitrogens with two attached hydrogens (primary N) is 1. The van der Waals surface area contributed by atoms with E-state index in [1.54, 1.807) is 12.1 Å². The number of rotatable bonds is 10. The third-order valence-corrected chi connectivity index (χ3v) is 13.4. The van der Waals surface area contributed by atoms with Crippen molar-refractivity contribution < 1.29 is 28.5 Å². The van der Waals surface area contributed by atoms with E-state index in [9.17, 15) is 19.2 Å². The molecular weight excluding hydrogens is 799 g/mol. The van der Waals surface area contributed by atoms with Gasteiger partial charge in [0, 0.05) is 62.9 Å². The SMILES string of the molecule is Nc1ncnc2c1c(-c1ccc(Oc3ccccc3)cc1)nn2C1CCC(C=[N+]2CCN(CCN3CCN(c4ccc5c(c4)C(=O)N(C4CCC(=O)NC4=O)C5=O)CC3)CC2)CC1. The van der Waals surface area contributed by atoms with E-state index in [4.69, 9.17) is 15.6 Å². The molecule has 63 heavy (non-hydrogen) atoms. The summed E-state index contributed by atoms with van der Waals surface area (Å²) in [6.07, 6.45) is 8.51. The van der Waals surface area contributed by atoms with E-state index in [0.717, 1.165) is 136 Å². The first-order chi connectivity index (χ1) is 30.8. The molecule has 2 aromatic heterocycles. The van der Waals surface area contributed by atoms with Crippen molar-refractivity contribution in [2.45, 2.75) is 50.6 Å². The summed E-state index contributed by atoms with van der Waals surface area (Å²) in [5.74, 6) is 0.578. The van der Waals surface area contributed by atoms with Gasteiger partial charge in [-0.3, -0.25) is 39.2 Å². The normalized spacial score (nSPS) is 22.4. The van der Waals surface area contributed by atoms with E-state index >= 15 is 0 Å². The minimum atomic E-state index is -0.963. The molecule has 16 nitrogen and oxygen atoms in total. The van der Waals surface area contributed by atoms with Gasteiger partial charge in [-0.2, -0.15) is 5.10 Å². The number of nitrogens with zero attached hydrogens (tertiary/aromatic N) is 9. The number of hydrogen-bond acceptors (Lipinski definition) is 12. The van der Waals surface area contributed by atoms with Crippen LogP contribution in [0.1, 0.15) is 65.3 Å². The van der Waals surface area contributed by atoms with Gasteiger partial charge in [0.25, 0.3) is 11.8 Å². The largest absolute Gasteiger partial charge is 0.457 e. The minimum absolute atomic E-state index is 0.100. The Morgan fingerprint density at radius 3 is 2.19 bits per heavy atom. The summed E-state index contributed by atoms with van der Waals surface area (Å²) in [6, 6.07) is 22.3. The Hall–Kier alpha value is -6.52. The molecule has 3 N–H and O–H groups in total. The zero-order chi connectivity index (χ0) is 43.0. The summed E-state index contributed by atoms with van der Waals surface area (Å²) < 4.78 is 10.6. The summed E-state index contributed by atoms with van der Waals surface area (Å²) in [6.45, 7) is 9.67. The van der Waals surface area contributed by atoms with Crippen molar-refractivity contribution in [2.24, 2.45) is 5.92 Å². The maximum atomic E-state index is 13.4. The van der Waals surface area contributed by atoms with Gasteiger partial charge in [-0.1, -0.05) is 18.2 Å². The molecule has 4 fully saturated rings. The second kappa shape index (κ2) is 17.3. The van der Waals surface area contributed by atoms with E-state index in [1.807, 2.05) is 60.7 Å². The second-order valence-corrected chi connectivity index (χ2v) is 17.3. The molecule has 1 saturated carbocycles. The molecule has 4 aliphatic heterocycles. The molecule has 1 atom stereocenters. The third-order valence-electron chi connectivity index (χ3n) is 13.4. The first-order valence-electron chi connectivity index (χ1n) is 22.2. The lowest BCUT2D eigenvalue weighted by molar-refractivity contribution is -0.537. The van der Waals surface area contributed by atoms with Crippen LogP contribution in [0.15, 0.2) is 79.1 Å². The molecule has 324 valence electrons. The van der Waals surface area contributed by atoms with Gasteiger partial charge in [-0.15, -0.1) is 0 Å². The molecule has 0 radical (unpaired) electrons. The van der Waals surface area contributed by atoms with Crippen molar-refractivity contribution in [1.82, 2.24) is 39.8 Å². The number of nitrogens with one attached hydrogen (secondary N) is 1. The van der Waals surface area contributed by atoms with Crippen molar-refractivity contribution in [2.75, 3.05) is 76.1 Å². The average molecular weight is 851 g/mol. The molecule has 16 heteroatoms. The number of fused-ring (bicyclic) bond motifs is 2. The number of amides is 4. The number of carbonyl (C=O) groups is 4. The molecule has 0 spiro atoms. The zero-order valence-electron chi connectivity index (χ0n) is 35.3. The Bertz CT molecular complexity index is 2570. The topological polar surface area (TPSA) is 175 Å².